The summed E-state index contributed by atoms with van der Waals surface area (Å²) >= 11 is 0. The maximum absolute atomic E-state index is 15.0. The number of nitrogens with one attached hydrogen (secondary N) is 2. The number of sulfonamides is 1. The summed E-state index contributed by atoms with van der Waals surface area (Å²) in [7, 11) is -3.89. The molecule has 0 spiro atoms. The summed E-state index contributed by atoms with van der Waals surface area (Å²) in [5, 5.41) is 3.11. The molecule has 4 saturated carbocycles. The van der Waals surface area contributed by atoms with Crippen molar-refractivity contribution in [2.24, 2.45) is 23.7 Å². The number of hydrogen-bond acceptors (Lipinski definition) is 10. The van der Waals surface area contributed by atoms with E-state index in [0.717, 1.165) is 68.7 Å². The average molecular weight is 817 g/mol. The van der Waals surface area contributed by atoms with Gasteiger partial charge < -0.3 is 24.4 Å². The molecule has 0 unspecified atom stereocenters. The van der Waals surface area contributed by atoms with Crippen molar-refractivity contribution in [1.82, 2.24) is 19.9 Å². The SMILES string of the molecule is C=C[C@@H]1C[C@]1(NC(=O)[C@@H]1C[C@@H]2CN1C(=O)[C@H](C1CCCC1)CC(=O)O[C@@H]1CCC[C@H]1CC/C=C/Cc1c(nc3ccccc3c1OCC)O2)C(=O)NS(=O)(=O)C1CC1. The third-order valence-electron chi connectivity index (χ3n) is 13.3. The second-order valence-electron chi connectivity index (χ2n) is 17.2. The number of aromatic nitrogens is 1. The van der Waals surface area contributed by atoms with E-state index >= 15 is 0 Å². The molecule has 1 saturated heterocycles. The zero-order chi connectivity index (χ0) is 40.6. The molecule has 2 N–H and O–H groups in total. The lowest BCUT2D eigenvalue weighted by atomic mass is 9.86. The molecule has 7 atom stereocenters. The predicted molar refractivity (Wildman–Crippen MR) is 216 cm³/mol. The molecule has 13 nitrogen and oxygen atoms in total. The molecule has 0 radical (unpaired) electrons. The van der Waals surface area contributed by atoms with Gasteiger partial charge in [-0.05, 0) is 102 Å². The van der Waals surface area contributed by atoms with Crippen LogP contribution >= 0.6 is 0 Å². The first kappa shape index (κ1) is 40.3. The highest BCUT2D eigenvalue weighted by Gasteiger charge is 2.62. The van der Waals surface area contributed by atoms with Gasteiger partial charge in [0.25, 0.3) is 5.91 Å². The maximum atomic E-state index is 15.0. The first-order chi connectivity index (χ1) is 28.0. The van der Waals surface area contributed by atoms with E-state index in [2.05, 4.69) is 28.8 Å². The third-order valence-corrected chi connectivity index (χ3v) is 15.1. The Morgan fingerprint density at radius 1 is 1.02 bits per heavy atom. The lowest BCUT2D eigenvalue weighted by molar-refractivity contribution is -0.156. The normalized spacial score (nSPS) is 31.2. The van der Waals surface area contributed by atoms with Gasteiger partial charge in [0.15, 0.2) is 0 Å². The van der Waals surface area contributed by atoms with Crippen LogP contribution in [0.3, 0.4) is 0 Å². The number of ether oxygens (including phenoxy) is 3. The van der Waals surface area contributed by atoms with Crippen LogP contribution in [-0.2, 0) is 40.4 Å². The molecular weight excluding hydrogens is 761 g/mol. The van der Waals surface area contributed by atoms with Crippen LogP contribution in [0.5, 0.6) is 11.6 Å². The van der Waals surface area contributed by atoms with E-state index in [0.29, 0.717) is 43.0 Å². The molecule has 1 aromatic carbocycles. The first-order valence-corrected chi connectivity index (χ1v) is 22.9. The van der Waals surface area contributed by atoms with Crippen molar-refractivity contribution in [1.29, 1.82) is 0 Å². The van der Waals surface area contributed by atoms with Crippen LogP contribution in [0, 0.1) is 23.7 Å². The van der Waals surface area contributed by atoms with Crippen LogP contribution in [0.15, 0.2) is 49.1 Å². The van der Waals surface area contributed by atoms with E-state index in [1.807, 2.05) is 31.2 Å². The van der Waals surface area contributed by atoms with Crippen LogP contribution in [-0.4, -0.2) is 84.2 Å². The maximum Gasteiger partial charge on any atom is 0.306 e. The Morgan fingerprint density at radius 3 is 2.53 bits per heavy atom. The molecule has 4 aliphatic carbocycles. The van der Waals surface area contributed by atoms with Crippen molar-refractivity contribution in [3.63, 3.8) is 0 Å². The summed E-state index contributed by atoms with van der Waals surface area (Å²) in [4.78, 5) is 63.5. The molecule has 58 heavy (non-hydrogen) atoms. The second kappa shape index (κ2) is 16.7. The minimum absolute atomic E-state index is 0.0355. The van der Waals surface area contributed by atoms with Gasteiger partial charge in [-0.2, -0.15) is 0 Å². The largest absolute Gasteiger partial charge is 0.493 e. The number of allylic oxidation sites excluding steroid dienone is 2. The van der Waals surface area contributed by atoms with Crippen LogP contribution in [0.1, 0.15) is 102 Å². The fraction of sp³-hybridized carbons (Fsp3) is 0.614. The Morgan fingerprint density at radius 2 is 1.79 bits per heavy atom. The van der Waals surface area contributed by atoms with E-state index in [-0.39, 0.29) is 55.6 Å². The molecule has 2 aliphatic heterocycles. The van der Waals surface area contributed by atoms with Gasteiger partial charge in [-0.15, -0.1) is 6.58 Å². The highest BCUT2D eigenvalue weighted by atomic mass is 32.2. The molecule has 312 valence electrons. The first-order valence-electron chi connectivity index (χ1n) is 21.4. The molecule has 14 heteroatoms. The van der Waals surface area contributed by atoms with Gasteiger partial charge in [0.05, 0.1) is 41.8 Å². The van der Waals surface area contributed by atoms with E-state index < -0.39 is 56.6 Å². The standard InChI is InChI=1S/C44H56N4O9S/c1-3-29-25-44(29,43(52)47-58(53,54)31-21-22-31)46-40(50)36-23-30-26-48(36)42(51)34(27-13-8-9-14-27)24-38(49)57-37-20-12-16-28(37)15-6-5-7-18-33-39(55-4-2)32-17-10-11-19-35(32)45-41(33)56-30/h3,5,7,10-11,17,19,27-31,34,36-37H,1,4,6,8-9,12-16,18,20-26H2,2H3,(H,46,50)(H,47,52)/b7-5+/t28-,29-,30-,34+,36+,37-,44-/m1/s1. The molecule has 1 aromatic heterocycles. The quantitative estimate of drug-likeness (QED) is 0.245. The number of rotatable bonds is 9. The van der Waals surface area contributed by atoms with E-state index in [9.17, 15) is 27.6 Å². The molecular formula is C44H56N4O9S. The second-order valence-corrected chi connectivity index (χ2v) is 19.1. The van der Waals surface area contributed by atoms with Crippen molar-refractivity contribution in [3.8, 4) is 11.6 Å². The topological polar surface area (TPSA) is 170 Å². The van der Waals surface area contributed by atoms with Gasteiger partial charge >= 0.3 is 5.97 Å². The predicted octanol–water partition coefficient (Wildman–Crippen LogP) is 5.45. The average Bonchev–Trinajstić information content (AvgIpc) is 3.99. The van der Waals surface area contributed by atoms with Crippen molar-refractivity contribution < 1.29 is 41.8 Å². The number of benzene rings is 1. The van der Waals surface area contributed by atoms with Crippen LogP contribution in [0.25, 0.3) is 10.9 Å². The van der Waals surface area contributed by atoms with Crippen LogP contribution in [0.4, 0.5) is 0 Å². The van der Waals surface area contributed by atoms with Crippen LogP contribution in [0.2, 0.25) is 0 Å². The summed E-state index contributed by atoms with van der Waals surface area (Å²) < 4.78 is 47.1. The summed E-state index contributed by atoms with van der Waals surface area (Å²) in [5.41, 5.74) is -0.0835. The summed E-state index contributed by atoms with van der Waals surface area (Å²) in [5.74, 6) is -2.12. The molecule has 6 aliphatic rings. The molecule has 3 amide bonds. The number of carbonyl (C=O) groups excluding carboxylic acids is 4. The van der Waals surface area contributed by atoms with Gasteiger partial charge in [-0.3, -0.25) is 23.9 Å². The molecule has 5 fully saturated rings. The highest BCUT2D eigenvalue weighted by molar-refractivity contribution is 7.91. The van der Waals surface area contributed by atoms with Gasteiger partial charge in [-0.1, -0.05) is 43.2 Å². The minimum Gasteiger partial charge on any atom is -0.493 e. The van der Waals surface area contributed by atoms with Gasteiger partial charge in [0.2, 0.25) is 27.7 Å². The number of carbonyl (C=O) groups is 4. The Kier molecular flexibility index (Phi) is 11.6. The molecule has 2 bridgehead atoms. The zero-order valence-electron chi connectivity index (χ0n) is 33.4. The minimum atomic E-state index is -3.89. The van der Waals surface area contributed by atoms with Crippen LogP contribution < -0.4 is 19.5 Å². The number of hydrogen-bond donors (Lipinski definition) is 2. The number of para-hydroxylation sites is 1. The Bertz CT molecular complexity index is 2080. The number of amides is 3. The van der Waals surface area contributed by atoms with Crippen molar-refractivity contribution in [2.45, 2.75) is 132 Å². The fourth-order valence-corrected chi connectivity index (χ4v) is 11.2. The molecule has 3 heterocycles. The van der Waals surface area contributed by atoms with E-state index in [4.69, 9.17) is 19.2 Å². The van der Waals surface area contributed by atoms with Crippen molar-refractivity contribution in [3.05, 3.63) is 54.6 Å². The van der Waals surface area contributed by atoms with Gasteiger partial charge in [0, 0.05) is 17.7 Å². The number of nitrogens with zero attached hydrogens (tertiary/aromatic N) is 2. The lowest BCUT2D eigenvalue weighted by Gasteiger charge is -2.32. The highest BCUT2D eigenvalue weighted by Crippen LogP contribution is 2.46. The van der Waals surface area contributed by atoms with E-state index in [1.54, 1.807) is 0 Å². The third kappa shape index (κ3) is 8.22. The Balaban J connectivity index is 1.16. The number of esters is 1. The van der Waals surface area contributed by atoms with Crippen molar-refractivity contribution >= 4 is 44.6 Å². The number of pyridine rings is 1. The van der Waals surface area contributed by atoms with Gasteiger partial charge in [0.1, 0.15) is 29.5 Å². The lowest BCUT2D eigenvalue weighted by Crippen LogP contribution is -2.57. The zero-order valence-corrected chi connectivity index (χ0v) is 34.2. The smallest absolute Gasteiger partial charge is 0.306 e. The summed E-state index contributed by atoms with van der Waals surface area (Å²) in [6.07, 6.45) is 14.4. The number of fused-ring (bicyclic) bond motifs is 5. The Hall–Kier alpha value is -4.46. The molecule has 2 aromatic rings. The monoisotopic (exact) mass is 816 g/mol. The van der Waals surface area contributed by atoms with Gasteiger partial charge in [-0.25, -0.2) is 13.4 Å². The molecule has 8 rings (SSSR count). The van der Waals surface area contributed by atoms with Crippen molar-refractivity contribution in [2.75, 3.05) is 13.2 Å². The fourth-order valence-electron chi connectivity index (χ4n) is 9.88. The Labute approximate surface area is 340 Å². The van der Waals surface area contributed by atoms with E-state index in [1.165, 1.54) is 11.0 Å². The summed E-state index contributed by atoms with van der Waals surface area (Å²) in [6.45, 7) is 6.22. The summed E-state index contributed by atoms with van der Waals surface area (Å²) in [6, 6.07) is 6.63.